The summed E-state index contributed by atoms with van der Waals surface area (Å²) in [6, 6.07) is 4.39. The number of hydrogen-bond acceptors (Lipinski definition) is 5. The van der Waals surface area contributed by atoms with E-state index < -0.39 is 4.92 Å². The summed E-state index contributed by atoms with van der Waals surface area (Å²) < 4.78 is 0. The highest BCUT2D eigenvalue weighted by molar-refractivity contribution is 5.96. The number of nitrogens with one attached hydrogen (secondary N) is 1. The van der Waals surface area contributed by atoms with Crippen molar-refractivity contribution in [1.29, 1.82) is 0 Å². The first kappa shape index (κ1) is 13.3. The molecule has 7 nitrogen and oxygen atoms in total. The van der Waals surface area contributed by atoms with Crippen LogP contribution in [0, 0.1) is 10.1 Å². The maximum Gasteiger partial charge on any atom is 0.293 e. The van der Waals surface area contributed by atoms with Gasteiger partial charge in [-0.2, -0.15) is 0 Å². The van der Waals surface area contributed by atoms with E-state index in [1.807, 2.05) is 6.92 Å². The Bertz CT molecular complexity index is 518. The zero-order valence-corrected chi connectivity index (χ0v) is 10.6. The summed E-state index contributed by atoms with van der Waals surface area (Å²) in [5.41, 5.74) is 2.67. The second kappa shape index (κ2) is 5.23. The fraction of sp³-hybridized carbons (Fsp3) is 0.417. The molecule has 0 aromatic heterocycles. The fourth-order valence-electron chi connectivity index (χ4n) is 2.34. The lowest BCUT2D eigenvalue weighted by atomic mass is 10.1. The first-order valence-corrected chi connectivity index (χ1v) is 6.10. The van der Waals surface area contributed by atoms with E-state index in [0.717, 1.165) is 19.4 Å². The van der Waals surface area contributed by atoms with E-state index in [2.05, 4.69) is 5.43 Å². The van der Waals surface area contributed by atoms with Crippen LogP contribution in [-0.4, -0.2) is 28.3 Å². The zero-order valence-electron chi connectivity index (χ0n) is 10.6. The Balaban J connectivity index is 2.30. The van der Waals surface area contributed by atoms with Crippen molar-refractivity contribution in [2.24, 2.45) is 5.84 Å². The average Bonchev–Trinajstić information content (AvgIpc) is 2.83. The third-order valence-electron chi connectivity index (χ3n) is 3.41. The number of carbonyl (C=O) groups is 1. The summed E-state index contributed by atoms with van der Waals surface area (Å²) >= 11 is 0. The van der Waals surface area contributed by atoms with Gasteiger partial charge in [0.2, 0.25) is 0 Å². The summed E-state index contributed by atoms with van der Waals surface area (Å²) in [7, 11) is 0. The normalized spacial score (nSPS) is 18.4. The van der Waals surface area contributed by atoms with Crippen molar-refractivity contribution in [1.82, 2.24) is 4.90 Å². The van der Waals surface area contributed by atoms with Crippen LogP contribution in [0.25, 0.3) is 0 Å². The van der Waals surface area contributed by atoms with Gasteiger partial charge in [0.05, 0.1) is 4.92 Å². The van der Waals surface area contributed by atoms with Crippen LogP contribution in [-0.2, 0) is 0 Å². The highest BCUT2D eigenvalue weighted by Crippen LogP contribution is 2.26. The van der Waals surface area contributed by atoms with Crippen LogP contribution in [0.1, 0.15) is 30.1 Å². The number of anilines is 1. The molecule has 1 aliphatic heterocycles. The molecule has 102 valence electrons. The third-order valence-corrected chi connectivity index (χ3v) is 3.41. The SMILES string of the molecule is CC1CCCN1C(=O)c1ccc([N+](=O)[O-])c(NN)c1. The topological polar surface area (TPSA) is 102 Å². The maximum absolute atomic E-state index is 12.3. The van der Waals surface area contributed by atoms with Gasteiger partial charge in [0, 0.05) is 24.2 Å². The number of nitro groups is 1. The number of carbonyl (C=O) groups excluding carboxylic acids is 1. The number of benzene rings is 1. The Labute approximate surface area is 110 Å². The van der Waals surface area contributed by atoms with Gasteiger partial charge in [-0.15, -0.1) is 0 Å². The van der Waals surface area contributed by atoms with E-state index in [9.17, 15) is 14.9 Å². The second-order valence-corrected chi connectivity index (χ2v) is 4.62. The minimum Gasteiger partial charge on any atom is -0.336 e. The monoisotopic (exact) mass is 264 g/mol. The highest BCUT2D eigenvalue weighted by atomic mass is 16.6. The lowest BCUT2D eigenvalue weighted by Gasteiger charge is -2.21. The highest BCUT2D eigenvalue weighted by Gasteiger charge is 2.27. The molecule has 2 rings (SSSR count). The van der Waals surface area contributed by atoms with Crippen molar-refractivity contribution >= 4 is 17.3 Å². The number of hydrogen-bond donors (Lipinski definition) is 2. The molecule has 0 spiro atoms. The number of hydrazine groups is 1. The van der Waals surface area contributed by atoms with Crippen molar-refractivity contribution in [3.8, 4) is 0 Å². The summed E-state index contributed by atoms with van der Waals surface area (Å²) in [5.74, 6) is 5.14. The Morgan fingerprint density at radius 2 is 2.32 bits per heavy atom. The lowest BCUT2D eigenvalue weighted by Crippen LogP contribution is -2.33. The predicted octanol–water partition coefficient (Wildman–Crippen LogP) is 1.50. The van der Waals surface area contributed by atoms with Crippen molar-refractivity contribution < 1.29 is 9.72 Å². The predicted molar refractivity (Wildman–Crippen MR) is 70.6 cm³/mol. The summed E-state index contributed by atoms with van der Waals surface area (Å²) in [4.78, 5) is 24.3. The molecular weight excluding hydrogens is 248 g/mol. The van der Waals surface area contributed by atoms with Gasteiger partial charge >= 0.3 is 0 Å². The van der Waals surface area contributed by atoms with Crippen LogP contribution in [0.5, 0.6) is 0 Å². The molecule has 0 saturated carbocycles. The number of rotatable bonds is 3. The molecule has 1 amide bonds. The molecule has 0 radical (unpaired) electrons. The number of likely N-dealkylation sites (tertiary alicyclic amines) is 1. The number of nitrogens with zero attached hydrogens (tertiary/aromatic N) is 2. The maximum atomic E-state index is 12.3. The second-order valence-electron chi connectivity index (χ2n) is 4.62. The van der Waals surface area contributed by atoms with Gasteiger partial charge < -0.3 is 10.3 Å². The molecule has 1 aromatic rings. The molecule has 3 N–H and O–H groups in total. The smallest absolute Gasteiger partial charge is 0.293 e. The molecule has 0 aliphatic carbocycles. The number of amides is 1. The first-order chi connectivity index (χ1) is 9.04. The first-order valence-electron chi connectivity index (χ1n) is 6.10. The minimum atomic E-state index is -0.540. The van der Waals surface area contributed by atoms with Gasteiger partial charge in [-0.3, -0.25) is 20.8 Å². The Morgan fingerprint density at radius 3 is 2.84 bits per heavy atom. The van der Waals surface area contributed by atoms with E-state index >= 15 is 0 Å². The van der Waals surface area contributed by atoms with E-state index in [4.69, 9.17) is 5.84 Å². The molecule has 1 aromatic carbocycles. The molecule has 1 aliphatic rings. The van der Waals surface area contributed by atoms with Gasteiger partial charge in [-0.25, -0.2) is 0 Å². The number of nitro benzene ring substituents is 1. The van der Waals surface area contributed by atoms with E-state index in [0.29, 0.717) is 5.56 Å². The summed E-state index contributed by atoms with van der Waals surface area (Å²) in [6.07, 6.45) is 1.97. The summed E-state index contributed by atoms with van der Waals surface area (Å²) in [5, 5.41) is 10.8. The average molecular weight is 264 g/mol. The quantitative estimate of drug-likeness (QED) is 0.489. The lowest BCUT2D eigenvalue weighted by molar-refractivity contribution is -0.384. The standard InChI is InChI=1S/C12H16N4O3/c1-8-3-2-6-15(8)12(17)9-4-5-11(16(18)19)10(7-9)14-13/h4-5,7-8,14H,2-3,6,13H2,1H3. The van der Waals surface area contributed by atoms with Gasteiger partial charge in [-0.1, -0.05) is 0 Å². The molecule has 1 atom stereocenters. The molecule has 1 saturated heterocycles. The molecule has 1 unspecified atom stereocenters. The van der Waals surface area contributed by atoms with Crippen molar-refractivity contribution in [3.05, 3.63) is 33.9 Å². The van der Waals surface area contributed by atoms with Gasteiger partial charge in [0.25, 0.3) is 11.6 Å². The molecule has 7 heteroatoms. The molecule has 19 heavy (non-hydrogen) atoms. The van der Waals surface area contributed by atoms with Crippen molar-refractivity contribution in [2.45, 2.75) is 25.8 Å². The molecule has 0 bridgehead atoms. The molecule has 1 fully saturated rings. The van der Waals surface area contributed by atoms with Crippen LogP contribution >= 0.6 is 0 Å². The van der Waals surface area contributed by atoms with Gasteiger partial charge in [-0.05, 0) is 31.9 Å². The Hall–Kier alpha value is -2.15. The minimum absolute atomic E-state index is 0.114. The molecule has 1 heterocycles. The van der Waals surface area contributed by atoms with Crippen LogP contribution in [0.15, 0.2) is 18.2 Å². The Morgan fingerprint density at radius 1 is 1.58 bits per heavy atom. The van der Waals surface area contributed by atoms with E-state index in [-0.39, 0.29) is 23.3 Å². The third kappa shape index (κ3) is 2.50. The van der Waals surface area contributed by atoms with Crippen LogP contribution < -0.4 is 11.3 Å². The number of nitrogens with two attached hydrogens (primary N) is 1. The van der Waals surface area contributed by atoms with E-state index in [1.165, 1.54) is 18.2 Å². The Kier molecular flexibility index (Phi) is 3.66. The number of nitrogen functional groups attached to an aromatic ring is 1. The van der Waals surface area contributed by atoms with Crippen molar-refractivity contribution in [3.63, 3.8) is 0 Å². The van der Waals surface area contributed by atoms with Crippen LogP contribution in [0.2, 0.25) is 0 Å². The summed E-state index contributed by atoms with van der Waals surface area (Å²) in [6.45, 7) is 2.72. The van der Waals surface area contributed by atoms with Gasteiger partial charge in [0.1, 0.15) is 5.69 Å². The largest absolute Gasteiger partial charge is 0.336 e. The zero-order chi connectivity index (χ0) is 14.0. The fourth-order valence-corrected chi connectivity index (χ4v) is 2.34. The van der Waals surface area contributed by atoms with Crippen LogP contribution in [0.3, 0.4) is 0 Å². The van der Waals surface area contributed by atoms with E-state index in [1.54, 1.807) is 4.90 Å². The molecular formula is C12H16N4O3. The van der Waals surface area contributed by atoms with Crippen LogP contribution in [0.4, 0.5) is 11.4 Å². The van der Waals surface area contributed by atoms with Crippen molar-refractivity contribution in [2.75, 3.05) is 12.0 Å². The van der Waals surface area contributed by atoms with Gasteiger partial charge in [0.15, 0.2) is 0 Å².